The Morgan fingerprint density at radius 2 is 2.17 bits per heavy atom. The van der Waals surface area contributed by atoms with Crippen LogP contribution in [0.5, 0.6) is 0 Å². The molecule has 1 N–H and O–H groups in total. The zero-order valence-corrected chi connectivity index (χ0v) is 11.6. The first-order valence-corrected chi connectivity index (χ1v) is 7.14. The van der Waals surface area contributed by atoms with Crippen LogP contribution < -0.4 is 5.43 Å². The lowest BCUT2D eigenvalue weighted by Gasteiger charge is -2.11. The van der Waals surface area contributed by atoms with Gasteiger partial charge >= 0.3 is 0 Å². The maximum Gasteiger partial charge on any atom is 0.272 e. The normalized spacial score (nSPS) is 27.7. The maximum atomic E-state index is 12.0. The van der Waals surface area contributed by atoms with E-state index in [1.54, 1.807) is 6.07 Å². The first-order chi connectivity index (χ1) is 8.74. The third-order valence-electron chi connectivity index (χ3n) is 3.93. The molecule has 2 fully saturated rings. The van der Waals surface area contributed by atoms with Crippen LogP contribution in [0.3, 0.4) is 0 Å². The Bertz CT molecular complexity index is 512. The van der Waals surface area contributed by atoms with Crippen LogP contribution >= 0.6 is 15.9 Å². The van der Waals surface area contributed by atoms with Crippen LogP contribution in [-0.2, 0) is 0 Å². The number of benzene rings is 1. The molecule has 1 aromatic rings. The van der Waals surface area contributed by atoms with E-state index in [0.29, 0.717) is 11.5 Å². The highest BCUT2D eigenvalue weighted by Crippen LogP contribution is 2.42. The van der Waals surface area contributed by atoms with E-state index in [2.05, 4.69) is 26.5 Å². The number of fused-ring (bicyclic) bond motifs is 2. The van der Waals surface area contributed by atoms with Gasteiger partial charge in [0.2, 0.25) is 0 Å². The first-order valence-electron chi connectivity index (χ1n) is 6.35. The van der Waals surface area contributed by atoms with Crippen LogP contribution in [0.1, 0.15) is 36.0 Å². The molecule has 18 heavy (non-hydrogen) atoms. The van der Waals surface area contributed by atoms with Crippen molar-refractivity contribution >= 4 is 27.5 Å². The van der Waals surface area contributed by atoms with E-state index in [1.807, 2.05) is 18.2 Å². The molecule has 2 atom stereocenters. The van der Waals surface area contributed by atoms with Crippen molar-refractivity contribution in [3.05, 3.63) is 34.3 Å². The second kappa shape index (κ2) is 4.84. The van der Waals surface area contributed by atoms with Gasteiger partial charge in [-0.15, -0.1) is 0 Å². The summed E-state index contributed by atoms with van der Waals surface area (Å²) in [6, 6.07) is 7.40. The van der Waals surface area contributed by atoms with E-state index in [9.17, 15) is 4.79 Å². The topological polar surface area (TPSA) is 41.5 Å². The number of carbonyl (C=O) groups is 1. The minimum absolute atomic E-state index is 0.141. The maximum absolute atomic E-state index is 12.0. The number of hydrazone groups is 1. The van der Waals surface area contributed by atoms with Crippen molar-refractivity contribution in [1.82, 2.24) is 5.43 Å². The van der Waals surface area contributed by atoms with Gasteiger partial charge in [-0.1, -0.05) is 12.1 Å². The summed E-state index contributed by atoms with van der Waals surface area (Å²) in [5.41, 5.74) is 4.50. The second-order valence-corrected chi connectivity index (χ2v) is 5.96. The molecular formula is C14H15BrN2O. The van der Waals surface area contributed by atoms with Crippen LogP contribution in [0.15, 0.2) is 33.8 Å². The summed E-state index contributed by atoms with van der Waals surface area (Å²) in [7, 11) is 0. The van der Waals surface area contributed by atoms with E-state index in [-0.39, 0.29) is 5.91 Å². The van der Waals surface area contributed by atoms with E-state index < -0.39 is 0 Å². The standard InChI is InChI=1S/C14H15BrN2O/c15-12-4-2-1-3-11(12)14(18)17-16-13-8-9-5-6-10(13)7-9/h1-4,9-10H,5-8H2,(H,17,18)/b16-13+/t9-,10-/m0/s1. The Kier molecular flexibility index (Phi) is 3.20. The Morgan fingerprint density at radius 3 is 2.83 bits per heavy atom. The SMILES string of the molecule is O=C(N/N=C1\C[C@H]2CC[C@H]1C2)c1ccccc1Br. The summed E-state index contributed by atoms with van der Waals surface area (Å²) in [6.07, 6.45) is 4.92. The number of nitrogens with zero attached hydrogens (tertiary/aromatic N) is 1. The summed E-state index contributed by atoms with van der Waals surface area (Å²) >= 11 is 3.37. The van der Waals surface area contributed by atoms with Crippen molar-refractivity contribution in [3.8, 4) is 0 Å². The van der Waals surface area contributed by atoms with E-state index >= 15 is 0 Å². The van der Waals surface area contributed by atoms with E-state index in [1.165, 1.54) is 25.0 Å². The summed E-state index contributed by atoms with van der Waals surface area (Å²) in [6.45, 7) is 0. The Balaban J connectivity index is 1.69. The number of nitrogens with one attached hydrogen (secondary N) is 1. The fraction of sp³-hybridized carbons (Fsp3) is 0.429. The highest BCUT2D eigenvalue weighted by atomic mass is 79.9. The van der Waals surface area contributed by atoms with Crippen LogP contribution in [0.2, 0.25) is 0 Å². The summed E-state index contributed by atoms with van der Waals surface area (Å²) in [4.78, 5) is 12.0. The molecule has 2 bridgehead atoms. The summed E-state index contributed by atoms with van der Waals surface area (Å²) in [5, 5.41) is 4.32. The van der Waals surface area contributed by atoms with Gasteiger partial charge in [-0.05, 0) is 65.6 Å². The molecule has 1 aromatic carbocycles. The monoisotopic (exact) mass is 306 g/mol. The molecule has 0 radical (unpaired) electrons. The van der Waals surface area contributed by atoms with Crippen LogP contribution in [-0.4, -0.2) is 11.6 Å². The van der Waals surface area contributed by atoms with Crippen molar-refractivity contribution in [1.29, 1.82) is 0 Å². The molecule has 0 saturated heterocycles. The number of hydrogen-bond acceptors (Lipinski definition) is 2. The molecule has 3 rings (SSSR count). The average Bonchev–Trinajstić information content (AvgIpc) is 2.98. The van der Waals surface area contributed by atoms with Crippen molar-refractivity contribution in [3.63, 3.8) is 0 Å². The van der Waals surface area contributed by atoms with Gasteiger partial charge < -0.3 is 0 Å². The first kappa shape index (κ1) is 11.9. The molecule has 0 unspecified atom stereocenters. The highest BCUT2D eigenvalue weighted by Gasteiger charge is 2.36. The number of halogens is 1. The predicted octanol–water partition coefficient (Wildman–Crippen LogP) is 3.35. The molecule has 2 aliphatic rings. The molecule has 0 heterocycles. The Hall–Kier alpha value is -1.16. The predicted molar refractivity (Wildman–Crippen MR) is 74.5 cm³/mol. The van der Waals surface area contributed by atoms with Crippen molar-refractivity contribution in [2.75, 3.05) is 0 Å². The van der Waals surface area contributed by atoms with E-state index in [4.69, 9.17) is 0 Å². The molecule has 2 saturated carbocycles. The lowest BCUT2D eigenvalue weighted by Crippen LogP contribution is -2.22. The minimum Gasteiger partial charge on any atom is -0.267 e. The zero-order chi connectivity index (χ0) is 12.5. The molecule has 4 heteroatoms. The molecular weight excluding hydrogens is 292 g/mol. The fourth-order valence-electron chi connectivity index (χ4n) is 2.99. The highest BCUT2D eigenvalue weighted by molar-refractivity contribution is 9.10. The number of rotatable bonds is 2. The van der Waals surface area contributed by atoms with Gasteiger partial charge in [0.1, 0.15) is 0 Å². The Labute approximate surface area is 115 Å². The number of amides is 1. The molecule has 0 aromatic heterocycles. The number of hydrogen-bond donors (Lipinski definition) is 1. The van der Waals surface area contributed by atoms with Gasteiger partial charge in [0.25, 0.3) is 5.91 Å². The smallest absolute Gasteiger partial charge is 0.267 e. The third-order valence-corrected chi connectivity index (χ3v) is 4.62. The van der Waals surface area contributed by atoms with Gasteiger partial charge in [-0.25, -0.2) is 5.43 Å². The molecule has 0 spiro atoms. The van der Waals surface area contributed by atoms with Gasteiger partial charge in [0.15, 0.2) is 0 Å². The van der Waals surface area contributed by atoms with E-state index in [0.717, 1.165) is 16.8 Å². The van der Waals surface area contributed by atoms with Crippen molar-refractivity contribution in [2.24, 2.45) is 16.9 Å². The lowest BCUT2D eigenvalue weighted by atomic mass is 9.99. The number of carbonyl (C=O) groups excluding carboxylic acids is 1. The average molecular weight is 307 g/mol. The van der Waals surface area contributed by atoms with Gasteiger partial charge in [0.05, 0.1) is 5.56 Å². The van der Waals surface area contributed by atoms with Crippen LogP contribution in [0.25, 0.3) is 0 Å². The van der Waals surface area contributed by atoms with Crippen LogP contribution in [0, 0.1) is 11.8 Å². The third kappa shape index (κ3) is 2.21. The molecule has 0 aliphatic heterocycles. The summed E-state index contributed by atoms with van der Waals surface area (Å²) < 4.78 is 0.802. The molecule has 2 aliphatic carbocycles. The van der Waals surface area contributed by atoms with Crippen molar-refractivity contribution in [2.45, 2.75) is 25.7 Å². The summed E-state index contributed by atoms with van der Waals surface area (Å²) in [5.74, 6) is 1.29. The molecule has 3 nitrogen and oxygen atoms in total. The fourth-order valence-corrected chi connectivity index (χ4v) is 3.46. The molecule has 1 amide bonds. The van der Waals surface area contributed by atoms with Gasteiger partial charge in [0, 0.05) is 10.2 Å². The lowest BCUT2D eigenvalue weighted by molar-refractivity contribution is 0.0953. The van der Waals surface area contributed by atoms with Gasteiger partial charge in [-0.3, -0.25) is 4.79 Å². The second-order valence-electron chi connectivity index (χ2n) is 5.10. The van der Waals surface area contributed by atoms with Crippen LogP contribution in [0.4, 0.5) is 0 Å². The largest absolute Gasteiger partial charge is 0.272 e. The zero-order valence-electron chi connectivity index (χ0n) is 10.0. The Morgan fingerprint density at radius 1 is 1.33 bits per heavy atom. The van der Waals surface area contributed by atoms with Gasteiger partial charge in [-0.2, -0.15) is 5.10 Å². The quantitative estimate of drug-likeness (QED) is 0.836. The minimum atomic E-state index is -0.141. The van der Waals surface area contributed by atoms with Crippen molar-refractivity contribution < 1.29 is 4.79 Å². The molecule has 94 valence electrons.